The van der Waals surface area contributed by atoms with E-state index in [1.165, 1.54) is 11.0 Å². The minimum Gasteiger partial charge on any atom is -0.478 e. The molecule has 110 valence electrons. The van der Waals surface area contributed by atoms with Crippen LogP contribution < -0.4 is 5.32 Å². The molecule has 1 aromatic rings. The molecule has 1 aromatic carbocycles. The summed E-state index contributed by atoms with van der Waals surface area (Å²) in [6, 6.07) is 4.47. The number of nitrogens with zero attached hydrogens (tertiary/aromatic N) is 1. The van der Waals surface area contributed by atoms with Crippen LogP contribution in [0.25, 0.3) is 0 Å². The van der Waals surface area contributed by atoms with Crippen LogP contribution >= 0.6 is 22.6 Å². The van der Waals surface area contributed by atoms with Crippen molar-refractivity contribution in [3.8, 4) is 0 Å². The van der Waals surface area contributed by atoms with Gasteiger partial charge in [0, 0.05) is 23.8 Å². The van der Waals surface area contributed by atoms with Crippen LogP contribution in [-0.2, 0) is 4.74 Å². The number of carbonyl (C=O) groups excluding carboxylic acids is 1. The first-order valence-corrected chi connectivity index (χ1v) is 7.16. The number of urea groups is 1. The van der Waals surface area contributed by atoms with Crippen LogP contribution in [0.1, 0.15) is 17.3 Å². The molecular formula is C13H17IN2O4. The van der Waals surface area contributed by atoms with E-state index >= 15 is 0 Å². The standard InChI is InChI=1S/C13H17IN2O4/c1-3-20-7-6-16(2)13(19)15-11-5-4-9(14)8-10(11)12(17)18/h4-5,8H,3,6-7H2,1-2H3,(H,15,19)(H,17,18). The number of aromatic carboxylic acids is 1. The van der Waals surface area contributed by atoms with E-state index in [1.807, 2.05) is 29.5 Å². The summed E-state index contributed by atoms with van der Waals surface area (Å²) in [6.45, 7) is 3.35. The van der Waals surface area contributed by atoms with E-state index in [0.717, 1.165) is 3.57 Å². The highest BCUT2D eigenvalue weighted by molar-refractivity contribution is 14.1. The molecule has 0 aromatic heterocycles. The Labute approximate surface area is 131 Å². The van der Waals surface area contributed by atoms with Gasteiger partial charge in [0.25, 0.3) is 0 Å². The van der Waals surface area contributed by atoms with Crippen LogP contribution in [0.3, 0.4) is 0 Å². The minimum atomic E-state index is -1.07. The molecule has 0 aliphatic heterocycles. The van der Waals surface area contributed by atoms with Crippen LogP contribution in [-0.4, -0.2) is 48.8 Å². The van der Waals surface area contributed by atoms with Gasteiger partial charge in [-0.1, -0.05) is 0 Å². The second-order valence-corrected chi connectivity index (χ2v) is 5.29. The summed E-state index contributed by atoms with van der Waals surface area (Å²) in [5.41, 5.74) is 0.356. The zero-order chi connectivity index (χ0) is 15.1. The van der Waals surface area contributed by atoms with Gasteiger partial charge >= 0.3 is 12.0 Å². The summed E-state index contributed by atoms with van der Waals surface area (Å²) >= 11 is 2.02. The lowest BCUT2D eigenvalue weighted by atomic mass is 10.2. The lowest BCUT2D eigenvalue weighted by Gasteiger charge is -2.18. The molecule has 0 heterocycles. The van der Waals surface area contributed by atoms with Crippen molar-refractivity contribution in [2.24, 2.45) is 0 Å². The number of halogens is 1. The van der Waals surface area contributed by atoms with Crippen LogP contribution in [0.15, 0.2) is 18.2 Å². The largest absolute Gasteiger partial charge is 0.478 e. The van der Waals surface area contributed by atoms with Crippen molar-refractivity contribution in [1.29, 1.82) is 0 Å². The number of anilines is 1. The molecule has 20 heavy (non-hydrogen) atoms. The predicted octanol–water partition coefficient (Wildman–Crippen LogP) is 2.49. The fourth-order valence-electron chi connectivity index (χ4n) is 1.46. The quantitative estimate of drug-likeness (QED) is 0.576. The Morgan fingerprint density at radius 2 is 2.15 bits per heavy atom. The van der Waals surface area contributed by atoms with Gasteiger partial charge < -0.3 is 20.1 Å². The maximum Gasteiger partial charge on any atom is 0.337 e. The lowest BCUT2D eigenvalue weighted by Crippen LogP contribution is -2.34. The average Bonchev–Trinajstić information content (AvgIpc) is 2.40. The van der Waals surface area contributed by atoms with Gasteiger partial charge in [0.1, 0.15) is 0 Å². The molecule has 6 nitrogen and oxygen atoms in total. The lowest BCUT2D eigenvalue weighted by molar-refractivity contribution is 0.0698. The molecule has 0 fully saturated rings. The maximum atomic E-state index is 11.9. The first-order valence-electron chi connectivity index (χ1n) is 6.08. The van der Waals surface area contributed by atoms with E-state index in [-0.39, 0.29) is 17.3 Å². The smallest absolute Gasteiger partial charge is 0.337 e. The molecule has 0 radical (unpaired) electrons. The van der Waals surface area contributed by atoms with E-state index in [1.54, 1.807) is 19.2 Å². The molecular weight excluding hydrogens is 375 g/mol. The van der Waals surface area contributed by atoms with Crippen molar-refractivity contribution in [3.05, 3.63) is 27.3 Å². The van der Waals surface area contributed by atoms with Crippen molar-refractivity contribution >= 4 is 40.3 Å². The second-order valence-electron chi connectivity index (χ2n) is 4.04. The third-order valence-electron chi connectivity index (χ3n) is 2.58. The number of hydrogen-bond donors (Lipinski definition) is 2. The molecule has 0 aliphatic carbocycles. The summed E-state index contributed by atoms with van der Waals surface area (Å²) in [7, 11) is 1.63. The first kappa shape index (κ1) is 16.7. The number of carboxylic acid groups (broad SMARTS) is 1. The topological polar surface area (TPSA) is 78.9 Å². The van der Waals surface area contributed by atoms with Gasteiger partial charge in [-0.3, -0.25) is 0 Å². The van der Waals surface area contributed by atoms with Gasteiger partial charge in [-0.2, -0.15) is 0 Å². The summed E-state index contributed by atoms with van der Waals surface area (Å²) in [4.78, 5) is 24.5. The van der Waals surface area contributed by atoms with Gasteiger partial charge in [0.05, 0.1) is 17.9 Å². The number of hydrogen-bond acceptors (Lipinski definition) is 3. The third-order valence-corrected chi connectivity index (χ3v) is 3.25. The zero-order valence-corrected chi connectivity index (χ0v) is 13.5. The number of rotatable bonds is 6. The maximum absolute atomic E-state index is 11.9. The highest BCUT2D eigenvalue weighted by atomic mass is 127. The average molecular weight is 392 g/mol. The SMILES string of the molecule is CCOCCN(C)C(=O)Nc1ccc(I)cc1C(=O)O. The Kier molecular flexibility index (Phi) is 6.73. The van der Waals surface area contributed by atoms with E-state index in [2.05, 4.69) is 5.32 Å². The molecule has 0 atom stereocenters. The number of benzene rings is 1. The zero-order valence-electron chi connectivity index (χ0n) is 11.4. The van der Waals surface area contributed by atoms with Gasteiger partial charge in [-0.25, -0.2) is 9.59 Å². The summed E-state index contributed by atoms with van der Waals surface area (Å²) in [5.74, 6) is -1.07. The van der Waals surface area contributed by atoms with Crippen LogP contribution in [0.2, 0.25) is 0 Å². The van der Waals surface area contributed by atoms with Crippen molar-refractivity contribution in [3.63, 3.8) is 0 Å². The van der Waals surface area contributed by atoms with Crippen molar-refractivity contribution in [1.82, 2.24) is 4.90 Å². The molecule has 2 amide bonds. The minimum absolute atomic E-state index is 0.0726. The molecule has 0 aliphatic rings. The fraction of sp³-hybridized carbons (Fsp3) is 0.385. The van der Waals surface area contributed by atoms with Crippen molar-refractivity contribution in [2.45, 2.75) is 6.92 Å². The van der Waals surface area contributed by atoms with E-state index in [9.17, 15) is 9.59 Å². The second kappa shape index (κ2) is 8.05. The summed E-state index contributed by atoms with van der Waals surface area (Å²) < 4.78 is 5.96. The fourth-order valence-corrected chi connectivity index (χ4v) is 1.95. The number of ether oxygens (including phenoxy) is 1. The van der Waals surface area contributed by atoms with E-state index in [4.69, 9.17) is 9.84 Å². The van der Waals surface area contributed by atoms with Crippen molar-refractivity contribution < 1.29 is 19.4 Å². The van der Waals surface area contributed by atoms with Gasteiger partial charge in [-0.05, 0) is 47.7 Å². The highest BCUT2D eigenvalue weighted by Gasteiger charge is 2.15. The molecule has 0 saturated heterocycles. The molecule has 0 bridgehead atoms. The van der Waals surface area contributed by atoms with Crippen LogP contribution in [0.4, 0.5) is 10.5 Å². The molecule has 2 N–H and O–H groups in total. The Balaban J connectivity index is 2.72. The monoisotopic (exact) mass is 392 g/mol. The normalized spacial score (nSPS) is 10.2. The number of likely N-dealkylation sites (N-methyl/N-ethyl adjacent to an activating group) is 1. The molecule has 1 rings (SSSR count). The van der Waals surface area contributed by atoms with Gasteiger partial charge in [-0.15, -0.1) is 0 Å². The highest BCUT2D eigenvalue weighted by Crippen LogP contribution is 2.19. The third kappa shape index (κ3) is 4.97. The summed E-state index contributed by atoms with van der Waals surface area (Å²) in [6.07, 6.45) is 0. The molecule has 0 saturated carbocycles. The van der Waals surface area contributed by atoms with Gasteiger partial charge in [0.15, 0.2) is 0 Å². The van der Waals surface area contributed by atoms with E-state index in [0.29, 0.717) is 19.8 Å². The molecule has 7 heteroatoms. The predicted molar refractivity (Wildman–Crippen MR) is 84.3 cm³/mol. The number of carbonyl (C=O) groups is 2. The molecule has 0 unspecified atom stereocenters. The summed E-state index contributed by atoms with van der Waals surface area (Å²) in [5, 5.41) is 11.7. The Morgan fingerprint density at radius 3 is 2.75 bits per heavy atom. The van der Waals surface area contributed by atoms with Crippen LogP contribution in [0.5, 0.6) is 0 Å². The first-order chi connectivity index (χ1) is 9.45. The van der Waals surface area contributed by atoms with Gasteiger partial charge in [0.2, 0.25) is 0 Å². The number of amides is 2. The van der Waals surface area contributed by atoms with E-state index < -0.39 is 5.97 Å². The molecule has 0 spiro atoms. The Hall–Kier alpha value is -1.35. The Morgan fingerprint density at radius 1 is 1.45 bits per heavy atom. The Bertz CT molecular complexity index is 493. The van der Waals surface area contributed by atoms with Crippen molar-refractivity contribution in [2.75, 3.05) is 32.1 Å². The number of carboxylic acids is 1. The number of nitrogens with one attached hydrogen (secondary N) is 1. The van der Waals surface area contributed by atoms with Crippen LogP contribution in [0, 0.1) is 3.57 Å².